The quantitative estimate of drug-likeness (QED) is 0.766. The molecule has 0 bridgehead atoms. The molecular formula is C19H21FN6. The van der Waals surface area contributed by atoms with Gasteiger partial charge in [-0.25, -0.2) is 14.4 Å². The molecule has 2 aliphatic rings. The first kappa shape index (κ1) is 16.5. The molecule has 1 aromatic heterocycles. The highest BCUT2D eigenvalue weighted by molar-refractivity contribution is 6.07. The Morgan fingerprint density at radius 1 is 1.15 bits per heavy atom. The zero-order valence-electron chi connectivity index (χ0n) is 14.5. The minimum atomic E-state index is -0.259. The van der Waals surface area contributed by atoms with E-state index in [1.54, 1.807) is 12.1 Å². The fourth-order valence-electron chi connectivity index (χ4n) is 2.99. The SMILES string of the molecule is C[C@H](Nc1ncnc(NC2=NCC(C3CC3)=C2)c1N)c1ccc(F)cc1. The molecule has 0 saturated heterocycles. The Bertz CT molecular complexity index is 870. The van der Waals surface area contributed by atoms with Gasteiger partial charge in [0.1, 0.15) is 23.7 Å². The summed E-state index contributed by atoms with van der Waals surface area (Å²) in [5, 5.41) is 6.44. The standard InChI is InChI=1S/C19H21FN6/c1-11(12-4-6-15(20)7-5-12)25-18-17(21)19(24-10-23-18)26-16-8-14(9-22-16)13-2-3-13/h4-8,10-11,13H,2-3,9,21H2,1H3,(H2,22,23,24,25,26)/t11-/m0/s1. The van der Waals surface area contributed by atoms with Crippen molar-refractivity contribution >= 4 is 23.2 Å². The second kappa shape index (κ2) is 6.74. The van der Waals surface area contributed by atoms with Crippen molar-refractivity contribution in [3.8, 4) is 0 Å². The Balaban J connectivity index is 1.48. The van der Waals surface area contributed by atoms with E-state index in [0.717, 1.165) is 17.9 Å². The van der Waals surface area contributed by atoms with Gasteiger partial charge in [0.2, 0.25) is 0 Å². The lowest BCUT2D eigenvalue weighted by atomic mass is 10.1. The zero-order valence-corrected chi connectivity index (χ0v) is 14.5. The first-order chi connectivity index (χ1) is 12.6. The van der Waals surface area contributed by atoms with E-state index in [4.69, 9.17) is 5.73 Å². The highest BCUT2D eigenvalue weighted by Gasteiger charge is 2.28. The van der Waals surface area contributed by atoms with E-state index >= 15 is 0 Å². The minimum Gasteiger partial charge on any atom is -0.393 e. The molecule has 134 valence electrons. The molecule has 0 amide bonds. The summed E-state index contributed by atoms with van der Waals surface area (Å²) in [4.78, 5) is 13.0. The topological polar surface area (TPSA) is 88.2 Å². The fourth-order valence-corrected chi connectivity index (χ4v) is 2.99. The van der Waals surface area contributed by atoms with Crippen LogP contribution in [0.4, 0.5) is 21.7 Å². The Kier molecular flexibility index (Phi) is 4.28. The lowest BCUT2D eigenvalue weighted by Crippen LogP contribution is -2.15. The summed E-state index contributed by atoms with van der Waals surface area (Å²) >= 11 is 0. The number of hydrogen-bond acceptors (Lipinski definition) is 6. The largest absolute Gasteiger partial charge is 0.393 e. The van der Waals surface area contributed by atoms with Crippen LogP contribution in [0.5, 0.6) is 0 Å². The molecule has 0 radical (unpaired) electrons. The van der Waals surface area contributed by atoms with Crippen LogP contribution in [0.15, 0.2) is 47.2 Å². The van der Waals surface area contributed by atoms with E-state index in [0.29, 0.717) is 23.2 Å². The number of aromatic nitrogens is 2. The van der Waals surface area contributed by atoms with E-state index in [1.165, 1.54) is 36.9 Å². The van der Waals surface area contributed by atoms with Gasteiger partial charge in [-0.15, -0.1) is 0 Å². The molecule has 2 aromatic rings. The fraction of sp³-hybridized carbons (Fsp3) is 0.316. The number of anilines is 3. The second-order valence-corrected chi connectivity index (χ2v) is 6.72. The van der Waals surface area contributed by atoms with Crippen molar-refractivity contribution in [3.63, 3.8) is 0 Å². The van der Waals surface area contributed by atoms with Crippen LogP contribution in [-0.4, -0.2) is 22.3 Å². The van der Waals surface area contributed by atoms with Gasteiger partial charge >= 0.3 is 0 Å². The van der Waals surface area contributed by atoms with Crippen molar-refractivity contribution < 1.29 is 4.39 Å². The molecule has 6 nitrogen and oxygen atoms in total. The molecule has 1 aliphatic heterocycles. The van der Waals surface area contributed by atoms with Crippen molar-refractivity contribution in [2.24, 2.45) is 10.9 Å². The van der Waals surface area contributed by atoms with Gasteiger partial charge < -0.3 is 16.4 Å². The van der Waals surface area contributed by atoms with Crippen LogP contribution in [0.3, 0.4) is 0 Å². The van der Waals surface area contributed by atoms with Gasteiger partial charge in [-0.05, 0) is 55.0 Å². The van der Waals surface area contributed by atoms with Crippen LogP contribution in [-0.2, 0) is 0 Å². The first-order valence-electron chi connectivity index (χ1n) is 8.74. The molecule has 4 rings (SSSR count). The van der Waals surface area contributed by atoms with E-state index in [1.807, 2.05) is 6.92 Å². The maximum absolute atomic E-state index is 13.1. The summed E-state index contributed by atoms with van der Waals surface area (Å²) < 4.78 is 13.1. The number of nitrogens with zero attached hydrogens (tertiary/aromatic N) is 3. The van der Waals surface area contributed by atoms with Gasteiger partial charge in [0.15, 0.2) is 11.6 Å². The molecule has 1 saturated carbocycles. The predicted molar refractivity (Wildman–Crippen MR) is 102 cm³/mol. The molecule has 0 spiro atoms. The molecule has 4 N–H and O–H groups in total. The third-order valence-corrected chi connectivity index (χ3v) is 4.71. The lowest BCUT2D eigenvalue weighted by molar-refractivity contribution is 0.626. The summed E-state index contributed by atoms with van der Waals surface area (Å²) in [6.07, 6.45) is 6.08. The van der Waals surface area contributed by atoms with Crippen molar-refractivity contribution in [2.75, 3.05) is 22.9 Å². The molecule has 1 aromatic carbocycles. The summed E-state index contributed by atoms with van der Waals surface area (Å²) in [5.41, 5.74) is 8.98. The molecular weight excluding hydrogens is 331 g/mol. The normalized spacial score (nSPS) is 17.5. The maximum atomic E-state index is 13.1. The number of nitrogen functional groups attached to an aromatic ring is 1. The van der Waals surface area contributed by atoms with E-state index < -0.39 is 0 Å². The van der Waals surface area contributed by atoms with Crippen molar-refractivity contribution in [1.29, 1.82) is 0 Å². The minimum absolute atomic E-state index is 0.0779. The molecule has 26 heavy (non-hydrogen) atoms. The summed E-state index contributed by atoms with van der Waals surface area (Å²) in [6, 6.07) is 6.27. The number of halogens is 1. The zero-order chi connectivity index (χ0) is 18.1. The molecule has 0 unspecified atom stereocenters. The van der Waals surface area contributed by atoms with Crippen LogP contribution in [0, 0.1) is 11.7 Å². The average molecular weight is 352 g/mol. The Hall–Kier alpha value is -2.96. The first-order valence-corrected chi connectivity index (χ1v) is 8.74. The number of hydrogen-bond donors (Lipinski definition) is 3. The van der Waals surface area contributed by atoms with E-state index in [-0.39, 0.29) is 11.9 Å². The highest BCUT2D eigenvalue weighted by Crippen LogP contribution is 2.38. The smallest absolute Gasteiger partial charge is 0.160 e. The van der Waals surface area contributed by atoms with Crippen molar-refractivity contribution in [1.82, 2.24) is 9.97 Å². The Morgan fingerprint density at radius 2 is 1.88 bits per heavy atom. The monoisotopic (exact) mass is 352 g/mol. The summed E-state index contributed by atoms with van der Waals surface area (Å²) in [7, 11) is 0. The van der Waals surface area contributed by atoms with Crippen LogP contribution in [0.25, 0.3) is 0 Å². The summed E-state index contributed by atoms with van der Waals surface area (Å²) in [5.74, 6) is 2.29. The second-order valence-electron chi connectivity index (χ2n) is 6.72. The molecule has 2 heterocycles. The maximum Gasteiger partial charge on any atom is 0.160 e. The van der Waals surface area contributed by atoms with Crippen LogP contribution >= 0.6 is 0 Å². The van der Waals surface area contributed by atoms with E-state index in [9.17, 15) is 4.39 Å². The summed E-state index contributed by atoms with van der Waals surface area (Å²) in [6.45, 7) is 2.72. The van der Waals surface area contributed by atoms with Gasteiger partial charge in [0.05, 0.1) is 12.6 Å². The third kappa shape index (κ3) is 3.51. The van der Waals surface area contributed by atoms with Crippen LogP contribution in [0.2, 0.25) is 0 Å². The predicted octanol–water partition coefficient (Wildman–Crippen LogP) is 3.53. The van der Waals surface area contributed by atoms with Gasteiger partial charge in [0.25, 0.3) is 0 Å². The van der Waals surface area contributed by atoms with Crippen LogP contribution in [0.1, 0.15) is 31.4 Å². The molecule has 1 atom stereocenters. The third-order valence-electron chi connectivity index (χ3n) is 4.71. The number of benzene rings is 1. The number of rotatable bonds is 5. The molecule has 7 heteroatoms. The molecule has 1 fully saturated rings. The van der Waals surface area contributed by atoms with Crippen LogP contribution < -0.4 is 16.4 Å². The lowest BCUT2D eigenvalue weighted by Gasteiger charge is -2.17. The van der Waals surface area contributed by atoms with Gasteiger partial charge in [-0.1, -0.05) is 12.1 Å². The number of aliphatic imine (C=N–C) groups is 1. The highest BCUT2D eigenvalue weighted by atomic mass is 19.1. The number of nitrogens with two attached hydrogens (primary N) is 1. The van der Waals surface area contributed by atoms with Gasteiger partial charge in [0, 0.05) is 0 Å². The molecule has 1 aliphatic carbocycles. The van der Waals surface area contributed by atoms with E-state index in [2.05, 4.69) is 31.7 Å². The number of nitrogens with one attached hydrogen (secondary N) is 2. The Labute approximate surface area is 151 Å². The van der Waals surface area contributed by atoms with Crippen molar-refractivity contribution in [2.45, 2.75) is 25.8 Å². The average Bonchev–Trinajstić information content (AvgIpc) is 3.38. The van der Waals surface area contributed by atoms with Gasteiger partial charge in [-0.3, -0.25) is 4.99 Å². The number of amidine groups is 1. The Morgan fingerprint density at radius 3 is 2.62 bits per heavy atom. The van der Waals surface area contributed by atoms with Gasteiger partial charge in [-0.2, -0.15) is 0 Å². The van der Waals surface area contributed by atoms with Crippen molar-refractivity contribution in [3.05, 3.63) is 53.6 Å².